The first kappa shape index (κ1) is 17.9. The highest BCUT2D eigenvalue weighted by Crippen LogP contribution is 2.25. The van der Waals surface area contributed by atoms with E-state index in [-0.39, 0.29) is 0 Å². The normalized spacial score (nSPS) is 15.3. The number of hydrogen-bond donors (Lipinski definition) is 0. The largest absolute Gasteiger partial charge is 0.356 e. The van der Waals surface area contributed by atoms with Gasteiger partial charge in [-0.3, -0.25) is 0 Å². The Bertz CT molecular complexity index is 727. The van der Waals surface area contributed by atoms with Crippen molar-refractivity contribution >= 4 is 33.5 Å². The molecule has 6 nitrogen and oxygen atoms in total. The van der Waals surface area contributed by atoms with Gasteiger partial charge in [-0.25, -0.2) is 9.97 Å². The molecule has 0 spiro atoms. The van der Waals surface area contributed by atoms with E-state index in [2.05, 4.69) is 54.9 Å². The second-order valence-electron chi connectivity index (χ2n) is 6.68. The fraction of sp³-hybridized carbons (Fsp3) is 0.500. The van der Waals surface area contributed by atoms with Gasteiger partial charge in [-0.15, -0.1) is 0 Å². The van der Waals surface area contributed by atoms with Crippen molar-refractivity contribution in [2.24, 2.45) is 0 Å². The van der Waals surface area contributed by atoms with E-state index in [0.717, 1.165) is 53.7 Å². The molecule has 1 saturated heterocycles. The molecule has 134 valence electrons. The summed E-state index contributed by atoms with van der Waals surface area (Å²) in [6, 6.07) is 6.64. The summed E-state index contributed by atoms with van der Waals surface area (Å²) in [4.78, 5) is 20.2. The molecule has 1 aliphatic heterocycles. The van der Waals surface area contributed by atoms with Gasteiger partial charge in [-0.1, -0.05) is 0 Å². The van der Waals surface area contributed by atoms with E-state index >= 15 is 0 Å². The lowest BCUT2D eigenvalue weighted by atomic mass is 10.0. The number of piperidine rings is 1. The predicted octanol–water partition coefficient (Wildman–Crippen LogP) is 3.11. The lowest BCUT2D eigenvalue weighted by Gasteiger charge is -2.38. The molecule has 0 aliphatic carbocycles. The number of pyridine rings is 1. The molecule has 0 radical (unpaired) electrons. The molecule has 2 aromatic rings. The van der Waals surface area contributed by atoms with Crippen molar-refractivity contribution in [1.29, 1.82) is 0 Å². The summed E-state index contributed by atoms with van der Waals surface area (Å²) in [5, 5.41) is 0. The Kier molecular flexibility index (Phi) is 5.42. The zero-order chi connectivity index (χ0) is 18.0. The van der Waals surface area contributed by atoms with Crippen LogP contribution in [0.2, 0.25) is 0 Å². The second kappa shape index (κ2) is 7.56. The van der Waals surface area contributed by atoms with Crippen LogP contribution in [0, 0.1) is 6.92 Å². The summed E-state index contributed by atoms with van der Waals surface area (Å²) >= 11 is 3.52. The topological polar surface area (TPSA) is 48.4 Å². The summed E-state index contributed by atoms with van der Waals surface area (Å²) in [5.41, 5.74) is 1.04. The number of nitrogens with zero attached hydrogens (tertiary/aromatic N) is 6. The van der Waals surface area contributed by atoms with Crippen molar-refractivity contribution in [3.05, 3.63) is 34.6 Å². The summed E-state index contributed by atoms with van der Waals surface area (Å²) < 4.78 is 1.06. The minimum Gasteiger partial charge on any atom is -0.356 e. The molecule has 0 unspecified atom stereocenters. The van der Waals surface area contributed by atoms with Crippen LogP contribution in [0.15, 0.2) is 28.9 Å². The number of halogens is 1. The molecule has 0 amide bonds. The minimum atomic E-state index is 0.484. The number of hydrogen-bond acceptors (Lipinski definition) is 6. The van der Waals surface area contributed by atoms with Crippen LogP contribution >= 0.6 is 15.9 Å². The highest BCUT2D eigenvalue weighted by Gasteiger charge is 2.24. The highest BCUT2D eigenvalue weighted by atomic mass is 79.9. The van der Waals surface area contributed by atoms with Crippen LogP contribution in [0.25, 0.3) is 0 Å². The van der Waals surface area contributed by atoms with Crippen molar-refractivity contribution < 1.29 is 0 Å². The van der Waals surface area contributed by atoms with E-state index in [1.54, 1.807) is 0 Å². The van der Waals surface area contributed by atoms with Gasteiger partial charge in [0, 0.05) is 50.9 Å². The van der Waals surface area contributed by atoms with Crippen LogP contribution in [0.5, 0.6) is 0 Å². The van der Waals surface area contributed by atoms with Crippen molar-refractivity contribution in [2.45, 2.75) is 25.8 Å². The van der Waals surface area contributed by atoms with Gasteiger partial charge in [0.1, 0.15) is 11.6 Å². The van der Waals surface area contributed by atoms with Gasteiger partial charge in [-0.2, -0.15) is 4.98 Å². The lowest BCUT2D eigenvalue weighted by molar-refractivity contribution is 0.478. The zero-order valence-electron chi connectivity index (χ0n) is 15.3. The van der Waals surface area contributed by atoms with E-state index in [1.165, 1.54) is 0 Å². The smallest absolute Gasteiger partial charge is 0.226 e. The molecule has 0 bridgehead atoms. The highest BCUT2D eigenvalue weighted by molar-refractivity contribution is 9.10. The first-order valence-electron chi connectivity index (χ1n) is 8.57. The molecular formula is C18H25BrN6. The Labute approximate surface area is 158 Å². The molecule has 0 N–H and O–H groups in total. The molecule has 7 heteroatoms. The fourth-order valence-corrected chi connectivity index (χ4v) is 3.35. The van der Waals surface area contributed by atoms with Crippen LogP contribution in [-0.4, -0.2) is 55.2 Å². The maximum absolute atomic E-state index is 4.69. The SMILES string of the molecule is Cc1nc(N2CCC(N(C)c3ccnc(N(C)C)n3)CC2)ccc1Br. The summed E-state index contributed by atoms with van der Waals surface area (Å²) in [7, 11) is 6.06. The molecule has 3 rings (SSSR count). The van der Waals surface area contributed by atoms with Crippen LogP contribution in [0.4, 0.5) is 17.6 Å². The van der Waals surface area contributed by atoms with Crippen molar-refractivity contribution in [2.75, 3.05) is 48.9 Å². The number of aryl methyl sites for hydroxylation is 1. The van der Waals surface area contributed by atoms with Gasteiger partial charge >= 0.3 is 0 Å². The molecule has 1 fully saturated rings. The van der Waals surface area contributed by atoms with Gasteiger partial charge in [0.25, 0.3) is 0 Å². The van der Waals surface area contributed by atoms with Gasteiger partial charge in [0.05, 0.1) is 5.69 Å². The Hall–Kier alpha value is -1.89. The second-order valence-corrected chi connectivity index (χ2v) is 7.53. The van der Waals surface area contributed by atoms with E-state index in [4.69, 9.17) is 4.98 Å². The van der Waals surface area contributed by atoms with E-state index in [1.807, 2.05) is 38.2 Å². The Morgan fingerprint density at radius 2 is 1.80 bits per heavy atom. The Balaban J connectivity index is 1.65. The lowest BCUT2D eigenvalue weighted by Crippen LogP contribution is -2.44. The van der Waals surface area contributed by atoms with Gasteiger partial charge in [-0.05, 0) is 53.9 Å². The molecule has 3 heterocycles. The maximum atomic E-state index is 4.69. The van der Waals surface area contributed by atoms with Crippen LogP contribution in [0.3, 0.4) is 0 Å². The van der Waals surface area contributed by atoms with E-state index < -0.39 is 0 Å². The van der Waals surface area contributed by atoms with Crippen molar-refractivity contribution in [3.63, 3.8) is 0 Å². The Morgan fingerprint density at radius 1 is 1.08 bits per heavy atom. The minimum absolute atomic E-state index is 0.484. The molecule has 2 aromatic heterocycles. The monoisotopic (exact) mass is 404 g/mol. The van der Waals surface area contributed by atoms with Crippen molar-refractivity contribution in [1.82, 2.24) is 15.0 Å². The van der Waals surface area contributed by atoms with Crippen LogP contribution in [0.1, 0.15) is 18.5 Å². The third-order valence-corrected chi connectivity index (χ3v) is 5.57. The van der Waals surface area contributed by atoms with Crippen molar-refractivity contribution in [3.8, 4) is 0 Å². The molecule has 1 aliphatic rings. The van der Waals surface area contributed by atoms with Gasteiger partial charge < -0.3 is 14.7 Å². The number of anilines is 3. The average molecular weight is 405 g/mol. The average Bonchev–Trinajstić information content (AvgIpc) is 2.63. The van der Waals surface area contributed by atoms with Gasteiger partial charge in [0.15, 0.2) is 0 Å². The Morgan fingerprint density at radius 3 is 2.44 bits per heavy atom. The van der Waals surface area contributed by atoms with E-state index in [9.17, 15) is 0 Å². The number of rotatable bonds is 4. The summed E-state index contributed by atoms with van der Waals surface area (Å²) in [5.74, 6) is 2.80. The first-order chi connectivity index (χ1) is 12.0. The summed E-state index contributed by atoms with van der Waals surface area (Å²) in [6.45, 7) is 4.05. The third-order valence-electron chi connectivity index (χ3n) is 4.73. The van der Waals surface area contributed by atoms with Crippen LogP contribution < -0.4 is 14.7 Å². The maximum Gasteiger partial charge on any atom is 0.226 e. The molecule has 0 saturated carbocycles. The first-order valence-corrected chi connectivity index (χ1v) is 9.36. The summed E-state index contributed by atoms with van der Waals surface area (Å²) in [6.07, 6.45) is 4.01. The molecule has 0 atom stereocenters. The van der Waals surface area contributed by atoms with E-state index in [0.29, 0.717) is 6.04 Å². The van der Waals surface area contributed by atoms with Crippen LogP contribution in [-0.2, 0) is 0 Å². The zero-order valence-corrected chi connectivity index (χ0v) is 16.9. The molecule has 25 heavy (non-hydrogen) atoms. The standard InChI is InChI=1S/C18H25BrN6/c1-13-15(19)5-6-17(21-13)25-11-8-14(9-12-25)24(4)16-7-10-20-18(22-16)23(2)3/h5-7,10,14H,8-9,11-12H2,1-4H3. The van der Waals surface area contributed by atoms with Gasteiger partial charge in [0.2, 0.25) is 5.95 Å². The molecular weight excluding hydrogens is 380 g/mol. The molecule has 0 aromatic carbocycles. The quantitative estimate of drug-likeness (QED) is 0.779. The third kappa shape index (κ3) is 4.03. The fourth-order valence-electron chi connectivity index (χ4n) is 3.13. The number of aromatic nitrogens is 3. The predicted molar refractivity (Wildman–Crippen MR) is 107 cm³/mol.